The van der Waals surface area contributed by atoms with Crippen molar-refractivity contribution in [3.05, 3.63) is 94.2 Å². The van der Waals surface area contributed by atoms with Crippen LogP contribution in [0.3, 0.4) is 0 Å². The normalized spacial score (nSPS) is 11.3. The fourth-order valence-electron chi connectivity index (χ4n) is 3.46. The molecule has 8 heteroatoms. The average molecular weight is 433 g/mol. The molecule has 0 aliphatic heterocycles. The first-order valence-corrected chi connectivity index (χ1v) is 11.4. The van der Waals surface area contributed by atoms with Gasteiger partial charge in [-0.25, -0.2) is 13.6 Å². The standard InChI is InChI=1S/C23H20N4O3S/c1-2-20-13-19-8-6-7-18(12-11-17-14-25-26(15-17)16-31(24,29)30)22(19)23(28)27(20)21-9-4-3-5-10-21/h3-10,13-15H,2,16H2,1H3,(H2,24,29,30). The number of nitrogens with zero attached hydrogens (tertiary/aromatic N) is 3. The first kappa shape index (κ1) is 20.6. The Labute approximate surface area is 179 Å². The van der Waals surface area contributed by atoms with E-state index in [2.05, 4.69) is 16.9 Å². The zero-order valence-corrected chi connectivity index (χ0v) is 17.6. The van der Waals surface area contributed by atoms with Gasteiger partial charge in [-0.3, -0.25) is 14.0 Å². The van der Waals surface area contributed by atoms with Gasteiger partial charge in [0, 0.05) is 23.1 Å². The van der Waals surface area contributed by atoms with E-state index in [1.807, 2.05) is 55.5 Å². The van der Waals surface area contributed by atoms with Crippen LogP contribution in [-0.2, 0) is 22.3 Å². The van der Waals surface area contributed by atoms with Crippen LogP contribution in [0.15, 0.2) is 71.8 Å². The van der Waals surface area contributed by atoms with Crippen molar-refractivity contribution in [2.75, 3.05) is 0 Å². The molecule has 2 aromatic carbocycles. The molecule has 4 aromatic rings. The monoisotopic (exact) mass is 432 g/mol. The highest BCUT2D eigenvalue weighted by Gasteiger charge is 2.12. The molecular formula is C23H20N4O3S. The number of para-hydroxylation sites is 1. The summed E-state index contributed by atoms with van der Waals surface area (Å²) in [5, 5.41) is 10.4. The number of rotatable bonds is 4. The first-order valence-electron chi connectivity index (χ1n) is 9.64. The van der Waals surface area contributed by atoms with Crippen molar-refractivity contribution in [2.45, 2.75) is 19.2 Å². The summed E-state index contributed by atoms with van der Waals surface area (Å²) in [7, 11) is -3.69. The van der Waals surface area contributed by atoms with Crippen LogP contribution < -0.4 is 10.7 Å². The fourth-order valence-corrected chi connectivity index (χ4v) is 3.97. The third-order valence-electron chi connectivity index (χ3n) is 4.79. The van der Waals surface area contributed by atoms with Gasteiger partial charge in [-0.15, -0.1) is 0 Å². The van der Waals surface area contributed by atoms with Crippen LogP contribution >= 0.6 is 0 Å². The molecule has 0 bridgehead atoms. The Morgan fingerprint density at radius 1 is 1.06 bits per heavy atom. The lowest BCUT2D eigenvalue weighted by Gasteiger charge is -2.14. The van der Waals surface area contributed by atoms with Gasteiger partial charge >= 0.3 is 0 Å². The van der Waals surface area contributed by atoms with Gasteiger partial charge in [0.05, 0.1) is 17.1 Å². The van der Waals surface area contributed by atoms with E-state index >= 15 is 0 Å². The summed E-state index contributed by atoms with van der Waals surface area (Å²) in [6, 6.07) is 17.1. The molecule has 31 heavy (non-hydrogen) atoms. The minimum absolute atomic E-state index is 0.129. The Morgan fingerprint density at radius 3 is 2.55 bits per heavy atom. The van der Waals surface area contributed by atoms with Gasteiger partial charge in [-0.05, 0) is 36.1 Å². The van der Waals surface area contributed by atoms with Gasteiger partial charge < -0.3 is 0 Å². The zero-order valence-electron chi connectivity index (χ0n) is 16.8. The molecule has 0 aliphatic rings. The van der Waals surface area contributed by atoms with Crippen LogP contribution in [0.2, 0.25) is 0 Å². The van der Waals surface area contributed by atoms with Crippen LogP contribution in [-0.4, -0.2) is 22.8 Å². The Bertz CT molecular complexity index is 1490. The largest absolute Gasteiger partial charge is 0.281 e. The molecule has 2 aromatic heterocycles. The molecular weight excluding hydrogens is 412 g/mol. The highest BCUT2D eigenvalue weighted by molar-refractivity contribution is 7.88. The summed E-state index contributed by atoms with van der Waals surface area (Å²) in [6.07, 6.45) is 3.67. The quantitative estimate of drug-likeness (QED) is 0.501. The SMILES string of the molecule is CCc1cc2cccc(C#Cc3cnn(CS(N)(=O)=O)c3)c2c(=O)n1-c1ccccc1. The van der Waals surface area contributed by atoms with Gasteiger partial charge in [0.2, 0.25) is 10.0 Å². The molecule has 2 N–H and O–H groups in total. The van der Waals surface area contributed by atoms with Gasteiger partial charge in [0.25, 0.3) is 5.56 Å². The summed E-state index contributed by atoms with van der Waals surface area (Å²) in [5.74, 6) is 5.57. The number of hydrogen-bond donors (Lipinski definition) is 1. The van der Waals surface area contributed by atoms with Crippen molar-refractivity contribution >= 4 is 20.8 Å². The zero-order chi connectivity index (χ0) is 22.0. The Morgan fingerprint density at radius 2 is 1.84 bits per heavy atom. The van der Waals surface area contributed by atoms with E-state index in [0.717, 1.165) is 16.8 Å². The molecule has 156 valence electrons. The van der Waals surface area contributed by atoms with Crippen molar-refractivity contribution in [3.63, 3.8) is 0 Å². The Balaban J connectivity index is 1.84. The van der Waals surface area contributed by atoms with E-state index in [4.69, 9.17) is 5.14 Å². The second kappa shape index (κ2) is 8.22. The number of primary sulfonamides is 1. The molecule has 0 amide bonds. The number of aryl methyl sites for hydroxylation is 1. The molecule has 4 rings (SSSR count). The molecule has 0 unspecified atom stereocenters. The van der Waals surface area contributed by atoms with Gasteiger partial charge in [-0.1, -0.05) is 49.1 Å². The van der Waals surface area contributed by atoms with Gasteiger partial charge in [-0.2, -0.15) is 5.10 Å². The number of fused-ring (bicyclic) bond motifs is 1. The van der Waals surface area contributed by atoms with Crippen LogP contribution in [0.5, 0.6) is 0 Å². The van der Waals surface area contributed by atoms with E-state index in [-0.39, 0.29) is 5.56 Å². The molecule has 0 aliphatic carbocycles. The predicted molar refractivity (Wildman–Crippen MR) is 120 cm³/mol. The van der Waals surface area contributed by atoms with E-state index in [1.54, 1.807) is 10.6 Å². The first-order chi connectivity index (χ1) is 14.9. The number of sulfonamides is 1. The molecule has 0 radical (unpaired) electrons. The van der Waals surface area contributed by atoms with E-state index < -0.39 is 15.9 Å². The maximum Gasteiger partial charge on any atom is 0.264 e. The molecule has 0 saturated carbocycles. The topological polar surface area (TPSA) is 100.0 Å². The van der Waals surface area contributed by atoms with E-state index in [9.17, 15) is 13.2 Å². The van der Waals surface area contributed by atoms with Crippen molar-refractivity contribution in [1.29, 1.82) is 0 Å². The van der Waals surface area contributed by atoms with Crippen molar-refractivity contribution in [1.82, 2.24) is 14.3 Å². The molecule has 0 saturated heterocycles. The summed E-state index contributed by atoms with van der Waals surface area (Å²) < 4.78 is 25.4. The summed E-state index contributed by atoms with van der Waals surface area (Å²) >= 11 is 0. The van der Waals surface area contributed by atoms with Crippen LogP contribution in [0.4, 0.5) is 0 Å². The lowest BCUT2D eigenvalue weighted by atomic mass is 10.0. The lowest BCUT2D eigenvalue weighted by molar-refractivity contribution is 0.577. The second-order valence-corrected chi connectivity index (χ2v) is 8.63. The third kappa shape index (κ3) is 4.43. The summed E-state index contributed by atoms with van der Waals surface area (Å²) in [5.41, 5.74) is 2.70. The Kier molecular flexibility index (Phi) is 5.46. The highest BCUT2D eigenvalue weighted by atomic mass is 32.2. The van der Waals surface area contributed by atoms with Crippen LogP contribution in [0, 0.1) is 11.8 Å². The van der Waals surface area contributed by atoms with E-state index in [1.165, 1.54) is 17.1 Å². The smallest absolute Gasteiger partial charge is 0.264 e. The number of benzene rings is 2. The number of pyridine rings is 1. The lowest BCUT2D eigenvalue weighted by Crippen LogP contribution is -2.22. The fraction of sp³-hybridized carbons (Fsp3) is 0.130. The molecule has 0 atom stereocenters. The molecule has 0 spiro atoms. The molecule has 0 fully saturated rings. The predicted octanol–water partition coefficient (Wildman–Crippen LogP) is 2.40. The highest BCUT2D eigenvalue weighted by Crippen LogP contribution is 2.19. The van der Waals surface area contributed by atoms with Crippen molar-refractivity contribution < 1.29 is 8.42 Å². The Hall–Kier alpha value is -3.67. The minimum atomic E-state index is -3.69. The number of hydrogen-bond acceptors (Lipinski definition) is 4. The maximum atomic E-state index is 13.5. The van der Waals surface area contributed by atoms with Crippen LogP contribution in [0.25, 0.3) is 16.5 Å². The van der Waals surface area contributed by atoms with Gasteiger partial charge in [0.1, 0.15) is 0 Å². The van der Waals surface area contributed by atoms with Crippen molar-refractivity contribution in [3.8, 4) is 17.5 Å². The molecule has 2 heterocycles. The third-order valence-corrected chi connectivity index (χ3v) is 5.41. The maximum absolute atomic E-state index is 13.5. The number of aromatic nitrogens is 3. The van der Waals surface area contributed by atoms with Crippen molar-refractivity contribution in [2.24, 2.45) is 5.14 Å². The number of nitrogens with two attached hydrogens (primary N) is 1. The van der Waals surface area contributed by atoms with E-state index in [0.29, 0.717) is 22.9 Å². The molecule has 7 nitrogen and oxygen atoms in total. The average Bonchev–Trinajstić information content (AvgIpc) is 3.18. The second-order valence-electron chi connectivity index (χ2n) is 7.05. The summed E-state index contributed by atoms with van der Waals surface area (Å²) in [6.45, 7) is 2.02. The summed E-state index contributed by atoms with van der Waals surface area (Å²) in [4.78, 5) is 13.5. The van der Waals surface area contributed by atoms with Crippen LogP contribution in [0.1, 0.15) is 23.7 Å². The minimum Gasteiger partial charge on any atom is -0.281 e. The van der Waals surface area contributed by atoms with Gasteiger partial charge in [0.15, 0.2) is 5.88 Å².